The molecule has 1 aromatic rings. The topological polar surface area (TPSA) is 51.2 Å². The average molecular weight is 192 g/mol. The van der Waals surface area contributed by atoms with Crippen LogP contribution >= 0.6 is 0 Å². The normalized spacial score (nSPS) is 13.2. The summed E-state index contributed by atoms with van der Waals surface area (Å²) in [5.41, 5.74) is 1.63. The van der Waals surface area contributed by atoms with Gasteiger partial charge in [-0.15, -0.1) is 0 Å². The molecule has 2 rings (SSSR count). The second kappa shape index (κ2) is 3.65. The Morgan fingerprint density at radius 2 is 2.57 bits per heavy atom. The average Bonchev–Trinajstić information content (AvgIpc) is 2.64. The maximum absolute atomic E-state index is 11.4. The Morgan fingerprint density at radius 1 is 1.71 bits per heavy atom. The molecule has 14 heavy (non-hydrogen) atoms. The zero-order valence-electron chi connectivity index (χ0n) is 8.04. The summed E-state index contributed by atoms with van der Waals surface area (Å²) in [4.78, 5) is 15.5. The summed E-state index contributed by atoms with van der Waals surface area (Å²) in [5.74, 6) is 0.591. The van der Waals surface area contributed by atoms with Crippen molar-refractivity contribution in [3.8, 4) is 0 Å². The van der Waals surface area contributed by atoms with Crippen molar-refractivity contribution in [1.29, 1.82) is 0 Å². The van der Waals surface area contributed by atoms with Crippen LogP contribution in [0.1, 0.15) is 22.8 Å². The molecule has 0 saturated heterocycles. The van der Waals surface area contributed by atoms with Crippen LogP contribution in [0.2, 0.25) is 0 Å². The van der Waals surface area contributed by atoms with E-state index in [9.17, 15) is 4.79 Å². The lowest BCUT2D eigenvalue weighted by atomic mass is 10.2. The number of rotatable bonds is 2. The first-order chi connectivity index (χ1) is 6.81. The molecule has 0 saturated carbocycles. The molecule has 0 fully saturated rings. The Bertz CT molecular complexity index is 363. The third-order valence-corrected chi connectivity index (χ3v) is 2.16. The van der Waals surface area contributed by atoms with E-state index in [0.717, 1.165) is 24.3 Å². The molecule has 0 aliphatic carbocycles. The fourth-order valence-electron chi connectivity index (χ4n) is 1.50. The fourth-order valence-corrected chi connectivity index (χ4v) is 1.50. The summed E-state index contributed by atoms with van der Waals surface area (Å²) in [6.07, 6.45) is 2.48. The SMILES string of the molecule is CCOC(=O)c1cnc2c(c1)CCN2. The van der Waals surface area contributed by atoms with Gasteiger partial charge in [0.25, 0.3) is 0 Å². The highest BCUT2D eigenvalue weighted by atomic mass is 16.5. The second-order valence-corrected chi connectivity index (χ2v) is 3.13. The lowest BCUT2D eigenvalue weighted by molar-refractivity contribution is 0.0526. The molecule has 1 N–H and O–H groups in total. The van der Waals surface area contributed by atoms with Gasteiger partial charge in [0.1, 0.15) is 5.82 Å². The van der Waals surface area contributed by atoms with Crippen LogP contribution in [-0.2, 0) is 11.2 Å². The largest absolute Gasteiger partial charge is 0.462 e. The van der Waals surface area contributed by atoms with Crippen LogP contribution in [-0.4, -0.2) is 24.1 Å². The number of fused-ring (bicyclic) bond motifs is 1. The summed E-state index contributed by atoms with van der Waals surface area (Å²) in [6, 6.07) is 1.85. The van der Waals surface area contributed by atoms with Crippen molar-refractivity contribution >= 4 is 11.8 Å². The summed E-state index contributed by atoms with van der Waals surface area (Å²) in [6.45, 7) is 3.09. The van der Waals surface area contributed by atoms with Gasteiger partial charge in [0, 0.05) is 12.7 Å². The van der Waals surface area contributed by atoms with Crippen molar-refractivity contribution in [2.45, 2.75) is 13.3 Å². The highest BCUT2D eigenvalue weighted by Gasteiger charge is 2.14. The third-order valence-electron chi connectivity index (χ3n) is 2.16. The van der Waals surface area contributed by atoms with Crippen molar-refractivity contribution in [1.82, 2.24) is 4.98 Å². The summed E-state index contributed by atoms with van der Waals surface area (Å²) in [7, 11) is 0. The molecule has 0 atom stereocenters. The van der Waals surface area contributed by atoms with E-state index in [-0.39, 0.29) is 5.97 Å². The van der Waals surface area contributed by atoms with Crippen LogP contribution in [0, 0.1) is 0 Å². The Balaban J connectivity index is 2.24. The predicted octanol–water partition coefficient (Wildman–Crippen LogP) is 1.23. The van der Waals surface area contributed by atoms with Gasteiger partial charge in [0.05, 0.1) is 12.2 Å². The second-order valence-electron chi connectivity index (χ2n) is 3.13. The maximum atomic E-state index is 11.4. The van der Waals surface area contributed by atoms with Crippen molar-refractivity contribution in [3.05, 3.63) is 23.4 Å². The molecule has 1 aliphatic rings. The van der Waals surface area contributed by atoms with Crippen LogP contribution < -0.4 is 5.32 Å². The van der Waals surface area contributed by atoms with Gasteiger partial charge >= 0.3 is 5.97 Å². The minimum Gasteiger partial charge on any atom is -0.462 e. The van der Waals surface area contributed by atoms with Crippen LogP contribution in [0.3, 0.4) is 0 Å². The van der Waals surface area contributed by atoms with Gasteiger partial charge in [-0.2, -0.15) is 0 Å². The number of anilines is 1. The van der Waals surface area contributed by atoms with Crippen molar-refractivity contribution in [2.24, 2.45) is 0 Å². The molecular weight excluding hydrogens is 180 g/mol. The Hall–Kier alpha value is -1.58. The molecule has 4 heteroatoms. The van der Waals surface area contributed by atoms with Crippen LogP contribution in [0.4, 0.5) is 5.82 Å². The zero-order chi connectivity index (χ0) is 9.97. The lowest BCUT2D eigenvalue weighted by Gasteiger charge is -2.03. The van der Waals surface area contributed by atoms with Gasteiger partial charge in [0.15, 0.2) is 0 Å². The first-order valence-corrected chi connectivity index (χ1v) is 4.71. The molecule has 1 aliphatic heterocycles. The van der Waals surface area contributed by atoms with Gasteiger partial charge in [-0.25, -0.2) is 9.78 Å². The summed E-state index contributed by atoms with van der Waals surface area (Å²) in [5, 5.41) is 3.14. The highest BCUT2D eigenvalue weighted by Crippen LogP contribution is 2.20. The van der Waals surface area contributed by atoms with Crippen molar-refractivity contribution in [2.75, 3.05) is 18.5 Å². The number of hydrogen-bond donors (Lipinski definition) is 1. The Morgan fingerprint density at radius 3 is 3.36 bits per heavy atom. The van der Waals surface area contributed by atoms with E-state index >= 15 is 0 Å². The number of aromatic nitrogens is 1. The molecule has 0 radical (unpaired) electrons. The van der Waals surface area contributed by atoms with E-state index in [1.807, 2.05) is 6.07 Å². The van der Waals surface area contributed by atoms with E-state index in [2.05, 4.69) is 10.3 Å². The van der Waals surface area contributed by atoms with E-state index in [1.165, 1.54) is 0 Å². The molecule has 0 unspecified atom stereocenters. The molecule has 2 heterocycles. The van der Waals surface area contributed by atoms with Crippen LogP contribution in [0.25, 0.3) is 0 Å². The molecule has 0 spiro atoms. The summed E-state index contributed by atoms with van der Waals surface area (Å²) >= 11 is 0. The van der Waals surface area contributed by atoms with Gasteiger partial charge in [-0.3, -0.25) is 0 Å². The maximum Gasteiger partial charge on any atom is 0.339 e. The third kappa shape index (κ3) is 1.55. The monoisotopic (exact) mass is 192 g/mol. The van der Waals surface area contributed by atoms with Gasteiger partial charge < -0.3 is 10.1 Å². The molecule has 1 aromatic heterocycles. The predicted molar refractivity (Wildman–Crippen MR) is 52.4 cm³/mol. The number of esters is 1. The van der Waals surface area contributed by atoms with Crippen LogP contribution in [0.15, 0.2) is 12.3 Å². The Labute approximate surface area is 82.3 Å². The minimum absolute atomic E-state index is 0.297. The quantitative estimate of drug-likeness (QED) is 0.716. The molecule has 4 nitrogen and oxygen atoms in total. The lowest BCUT2D eigenvalue weighted by Crippen LogP contribution is -2.05. The van der Waals surface area contributed by atoms with Crippen molar-refractivity contribution < 1.29 is 9.53 Å². The Kier molecular flexibility index (Phi) is 2.35. The van der Waals surface area contributed by atoms with Gasteiger partial charge in [-0.05, 0) is 25.0 Å². The molecule has 0 aromatic carbocycles. The summed E-state index contributed by atoms with van der Waals surface area (Å²) < 4.78 is 4.89. The van der Waals surface area contributed by atoms with Crippen LogP contribution in [0.5, 0.6) is 0 Å². The zero-order valence-corrected chi connectivity index (χ0v) is 8.04. The van der Waals surface area contributed by atoms with E-state index < -0.39 is 0 Å². The number of nitrogens with zero attached hydrogens (tertiary/aromatic N) is 1. The first-order valence-electron chi connectivity index (χ1n) is 4.71. The minimum atomic E-state index is -0.297. The van der Waals surface area contributed by atoms with E-state index in [1.54, 1.807) is 13.1 Å². The number of nitrogens with one attached hydrogen (secondary N) is 1. The first kappa shape index (κ1) is 8.99. The molecule has 74 valence electrons. The number of carbonyl (C=O) groups is 1. The molecule has 0 bridgehead atoms. The van der Waals surface area contributed by atoms with E-state index in [4.69, 9.17) is 4.74 Å². The number of ether oxygens (including phenoxy) is 1. The molecule has 0 amide bonds. The fraction of sp³-hybridized carbons (Fsp3) is 0.400. The number of carbonyl (C=O) groups excluding carboxylic acids is 1. The number of hydrogen-bond acceptors (Lipinski definition) is 4. The van der Waals surface area contributed by atoms with Gasteiger partial charge in [0.2, 0.25) is 0 Å². The van der Waals surface area contributed by atoms with Crippen molar-refractivity contribution in [3.63, 3.8) is 0 Å². The van der Waals surface area contributed by atoms with E-state index in [0.29, 0.717) is 12.2 Å². The molecular formula is C10H12N2O2. The smallest absolute Gasteiger partial charge is 0.339 e. The highest BCUT2D eigenvalue weighted by molar-refractivity contribution is 5.89. The standard InChI is InChI=1S/C10H12N2O2/c1-2-14-10(13)8-5-7-3-4-11-9(7)12-6-8/h5-6H,2-4H2,1H3,(H,11,12). The number of pyridine rings is 1. The van der Waals surface area contributed by atoms with Gasteiger partial charge in [-0.1, -0.05) is 0 Å².